The Morgan fingerprint density at radius 2 is 2.08 bits per heavy atom. The van der Waals surface area contributed by atoms with Crippen LogP contribution in [0, 0.1) is 0 Å². The zero-order chi connectivity index (χ0) is 9.40. The molecule has 0 aliphatic carbocycles. The number of hydrogen-bond acceptors (Lipinski definition) is 2. The minimum Gasteiger partial charge on any atom is -0.318 e. The Balaban J connectivity index is 3.39. The van der Waals surface area contributed by atoms with Crippen LogP contribution >= 0.6 is 0 Å². The summed E-state index contributed by atoms with van der Waals surface area (Å²) in [5, 5.41) is 3.17. The highest BCUT2D eigenvalue weighted by Gasteiger charge is 2.06. The Hall–Kier alpha value is -0.0800. The van der Waals surface area contributed by atoms with Crippen LogP contribution in [0.3, 0.4) is 0 Å². The fourth-order valence-corrected chi connectivity index (χ4v) is 1.23. The van der Waals surface area contributed by atoms with Gasteiger partial charge < -0.3 is 10.2 Å². The molecule has 0 rings (SSSR count). The molecule has 74 valence electrons. The number of unbranched alkanes of at least 4 members (excludes halogenated alkanes) is 1. The minimum atomic E-state index is 0.735. The van der Waals surface area contributed by atoms with Crippen molar-refractivity contribution < 1.29 is 0 Å². The summed E-state index contributed by atoms with van der Waals surface area (Å²) in [6, 6.07) is 0.735. The van der Waals surface area contributed by atoms with Gasteiger partial charge >= 0.3 is 0 Å². The van der Waals surface area contributed by atoms with Crippen molar-refractivity contribution in [3.8, 4) is 0 Å². The van der Waals surface area contributed by atoms with Crippen molar-refractivity contribution in [3.05, 3.63) is 0 Å². The van der Waals surface area contributed by atoms with E-state index in [0.717, 1.165) is 19.1 Å². The first kappa shape index (κ1) is 11.9. The molecule has 0 aliphatic heterocycles. The van der Waals surface area contributed by atoms with Crippen molar-refractivity contribution in [1.29, 1.82) is 0 Å². The molecule has 0 saturated heterocycles. The number of rotatable bonds is 7. The fourth-order valence-electron chi connectivity index (χ4n) is 1.23. The second-order valence-corrected chi connectivity index (χ2v) is 3.58. The summed E-state index contributed by atoms with van der Waals surface area (Å²) in [4.78, 5) is 2.42. The second kappa shape index (κ2) is 7.56. The van der Waals surface area contributed by atoms with Gasteiger partial charge in [-0.15, -0.1) is 0 Å². The monoisotopic (exact) mass is 172 g/mol. The quantitative estimate of drug-likeness (QED) is 0.629. The Bertz CT molecular complexity index is 81.8. The van der Waals surface area contributed by atoms with Gasteiger partial charge in [-0.3, -0.25) is 0 Å². The van der Waals surface area contributed by atoms with Crippen LogP contribution in [-0.2, 0) is 0 Å². The summed E-state index contributed by atoms with van der Waals surface area (Å²) >= 11 is 0. The Morgan fingerprint density at radius 1 is 1.42 bits per heavy atom. The molecule has 0 aromatic heterocycles. The standard InChI is InChI=1S/C10H24N2/c1-5-6-7-10(2)12(4)9-8-11-3/h10-11H,5-9H2,1-4H3. The number of hydrogen-bond donors (Lipinski definition) is 1. The van der Waals surface area contributed by atoms with Crippen LogP contribution in [0.15, 0.2) is 0 Å². The van der Waals surface area contributed by atoms with Crippen LogP contribution in [0.4, 0.5) is 0 Å². The van der Waals surface area contributed by atoms with Crippen molar-refractivity contribution >= 4 is 0 Å². The van der Waals surface area contributed by atoms with E-state index in [2.05, 4.69) is 31.1 Å². The molecule has 12 heavy (non-hydrogen) atoms. The van der Waals surface area contributed by atoms with Crippen LogP contribution in [0.5, 0.6) is 0 Å². The fraction of sp³-hybridized carbons (Fsp3) is 1.00. The maximum atomic E-state index is 3.17. The van der Waals surface area contributed by atoms with Crippen LogP contribution in [0.1, 0.15) is 33.1 Å². The van der Waals surface area contributed by atoms with E-state index in [1.54, 1.807) is 0 Å². The topological polar surface area (TPSA) is 15.3 Å². The lowest BCUT2D eigenvalue weighted by Gasteiger charge is -2.24. The van der Waals surface area contributed by atoms with Crippen molar-refractivity contribution in [2.45, 2.75) is 39.2 Å². The zero-order valence-corrected chi connectivity index (χ0v) is 9.06. The Kier molecular flexibility index (Phi) is 7.51. The van der Waals surface area contributed by atoms with Crippen molar-refractivity contribution in [2.75, 3.05) is 27.2 Å². The summed E-state index contributed by atoms with van der Waals surface area (Å²) in [7, 11) is 4.21. The maximum Gasteiger partial charge on any atom is 0.0106 e. The summed E-state index contributed by atoms with van der Waals surface area (Å²) < 4.78 is 0. The van der Waals surface area contributed by atoms with Crippen molar-refractivity contribution in [1.82, 2.24) is 10.2 Å². The largest absolute Gasteiger partial charge is 0.318 e. The molecular weight excluding hydrogens is 148 g/mol. The van der Waals surface area contributed by atoms with Gasteiger partial charge in [-0.05, 0) is 27.4 Å². The molecule has 0 heterocycles. The zero-order valence-electron chi connectivity index (χ0n) is 9.06. The van der Waals surface area contributed by atoms with Gasteiger partial charge in [0.15, 0.2) is 0 Å². The van der Waals surface area contributed by atoms with Crippen LogP contribution < -0.4 is 5.32 Å². The smallest absolute Gasteiger partial charge is 0.0106 e. The highest BCUT2D eigenvalue weighted by molar-refractivity contribution is 4.63. The lowest BCUT2D eigenvalue weighted by atomic mass is 10.1. The molecule has 0 bridgehead atoms. The van der Waals surface area contributed by atoms with E-state index >= 15 is 0 Å². The number of nitrogens with one attached hydrogen (secondary N) is 1. The normalized spacial score (nSPS) is 13.8. The molecule has 0 spiro atoms. The average molecular weight is 172 g/mol. The Labute approximate surface area is 77.3 Å². The number of nitrogens with zero attached hydrogens (tertiary/aromatic N) is 1. The van der Waals surface area contributed by atoms with E-state index in [9.17, 15) is 0 Å². The first-order valence-corrected chi connectivity index (χ1v) is 5.07. The van der Waals surface area contributed by atoms with Crippen molar-refractivity contribution in [2.24, 2.45) is 0 Å². The van der Waals surface area contributed by atoms with Gasteiger partial charge in [0.05, 0.1) is 0 Å². The molecule has 0 aliphatic rings. The van der Waals surface area contributed by atoms with E-state index in [0.29, 0.717) is 0 Å². The summed E-state index contributed by atoms with van der Waals surface area (Å²) in [6.45, 7) is 6.81. The van der Waals surface area contributed by atoms with Gasteiger partial charge in [0.2, 0.25) is 0 Å². The predicted octanol–water partition coefficient (Wildman–Crippen LogP) is 1.72. The second-order valence-electron chi connectivity index (χ2n) is 3.58. The van der Waals surface area contributed by atoms with Gasteiger partial charge in [-0.2, -0.15) is 0 Å². The van der Waals surface area contributed by atoms with Gasteiger partial charge in [-0.25, -0.2) is 0 Å². The third-order valence-electron chi connectivity index (χ3n) is 2.44. The Morgan fingerprint density at radius 3 is 2.58 bits per heavy atom. The maximum absolute atomic E-state index is 3.17. The molecule has 1 atom stereocenters. The van der Waals surface area contributed by atoms with Crippen molar-refractivity contribution in [3.63, 3.8) is 0 Å². The molecule has 0 aromatic carbocycles. The lowest BCUT2D eigenvalue weighted by molar-refractivity contribution is 0.244. The molecule has 2 heteroatoms. The predicted molar refractivity (Wildman–Crippen MR) is 55.5 cm³/mol. The molecule has 0 fully saturated rings. The molecule has 1 unspecified atom stereocenters. The van der Waals surface area contributed by atoms with E-state index in [-0.39, 0.29) is 0 Å². The molecule has 0 amide bonds. The summed E-state index contributed by atoms with van der Waals surface area (Å²) in [5.74, 6) is 0. The SMILES string of the molecule is CCCCC(C)N(C)CCNC. The van der Waals surface area contributed by atoms with Gasteiger partial charge in [0.25, 0.3) is 0 Å². The lowest BCUT2D eigenvalue weighted by Crippen LogP contribution is -2.34. The molecule has 0 aromatic rings. The van der Waals surface area contributed by atoms with E-state index in [1.165, 1.54) is 19.3 Å². The van der Waals surface area contributed by atoms with Gasteiger partial charge in [-0.1, -0.05) is 19.8 Å². The molecular formula is C10H24N2. The van der Waals surface area contributed by atoms with Crippen LogP contribution in [0.2, 0.25) is 0 Å². The highest BCUT2D eigenvalue weighted by Crippen LogP contribution is 2.05. The van der Waals surface area contributed by atoms with E-state index < -0.39 is 0 Å². The third kappa shape index (κ3) is 5.56. The van der Waals surface area contributed by atoms with Gasteiger partial charge in [0.1, 0.15) is 0 Å². The molecule has 2 nitrogen and oxygen atoms in total. The summed E-state index contributed by atoms with van der Waals surface area (Å²) in [5.41, 5.74) is 0. The van der Waals surface area contributed by atoms with Gasteiger partial charge in [0, 0.05) is 19.1 Å². The van der Waals surface area contributed by atoms with E-state index in [1.807, 2.05) is 7.05 Å². The summed E-state index contributed by atoms with van der Waals surface area (Å²) in [6.07, 6.45) is 3.99. The minimum absolute atomic E-state index is 0.735. The first-order chi connectivity index (χ1) is 5.72. The average Bonchev–Trinajstić information content (AvgIpc) is 2.10. The molecule has 1 N–H and O–H groups in total. The van der Waals surface area contributed by atoms with Crippen LogP contribution in [-0.4, -0.2) is 38.1 Å². The number of likely N-dealkylation sites (N-methyl/N-ethyl adjacent to an activating group) is 2. The molecule has 0 saturated carbocycles. The highest BCUT2D eigenvalue weighted by atomic mass is 15.1. The molecule has 0 radical (unpaired) electrons. The van der Waals surface area contributed by atoms with Crippen LogP contribution in [0.25, 0.3) is 0 Å². The van der Waals surface area contributed by atoms with E-state index in [4.69, 9.17) is 0 Å². The third-order valence-corrected chi connectivity index (χ3v) is 2.44. The first-order valence-electron chi connectivity index (χ1n) is 5.07.